The molecule has 2 aliphatic rings. The predicted octanol–water partition coefficient (Wildman–Crippen LogP) is -5.38. The molecule has 0 N–H and O–H groups in total. The van der Waals surface area contributed by atoms with Gasteiger partial charge in [0.25, 0.3) is 0 Å². The lowest BCUT2D eigenvalue weighted by Crippen LogP contribution is -3.00. The zero-order valence-electron chi connectivity index (χ0n) is 12.6. The Labute approximate surface area is 144 Å². The minimum absolute atomic E-state index is 0. The fraction of sp³-hybridized carbons (Fsp3) is 0.500. The first-order valence-electron chi connectivity index (χ1n) is 7.33. The van der Waals surface area contributed by atoms with E-state index in [1.165, 1.54) is 11.1 Å². The number of morpholine rings is 2. The molecule has 2 saturated heterocycles. The maximum atomic E-state index is 5.36. The molecule has 3 rings (SSSR count). The monoisotopic (exact) mass is 344 g/mol. The standard InChI is InChI=1S/C16H22N2O2.2ClH/c1-2-16(14-18-7-11-20-12-8-18)4-3-15(1)13-17-5-9-19-10-6-17;;/h1-4,13-14H,5-12H2;2*1H/q+2;;/p-2. The van der Waals surface area contributed by atoms with Crippen LogP contribution in [0.25, 0.3) is 0 Å². The third-order valence-corrected chi connectivity index (χ3v) is 3.69. The minimum atomic E-state index is 0. The van der Waals surface area contributed by atoms with Gasteiger partial charge in [-0.05, 0) is 24.3 Å². The van der Waals surface area contributed by atoms with Crippen molar-refractivity contribution in [2.24, 2.45) is 0 Å². The largest absolute Gasteiger partial charge is 1.00 e. The Kier molecular flexibility index (Phi) is 8.64. The van der Waals surface area contributed by atoms with E-state index in [1.807, 2.05) is 0 Å². The number of hydrogen-bond donors (Lipinski definition) is 0. The van der Waals surface area contributed by atoms with Gasteiger partial charge in [0.1, 0.15) is 26.4 Å². The molecule has 0 unspecified atom stereocenters. The van der Waals surface area contributed by atoms with E-state index in [9.17, 15) is 0 Å². The van der Waals surface area contributed by atoms with Crippen LogP contribution >= 0.6 is 0 Å². The topological polar surface area (TPSA) is 24.5 Å². The Morgan fingerprint density at radius 3 is 1.27 bits per heavy atom. The molecule has 0 amide bonds. The van der Waals surface area contributed by atoms with Crippen molar-refractivity contribution in [1.82, 2.24) is 0 Å². The molecule has 6 heteroatoms. The summed E-state index contributed by atoms with van der Waals surface area (Å²) in [7, 11) is 0. The molecular formula is C16H22Cl2N2O2. The van der Waals surface area contributed by atoms with E-state index in [4.69, 9.17) is 9.47 Å². The van der Waals surface area contributed by atoms with Crippen LogP contribution in [0.15, 0.2) is 24.3 Å². The SMILES string of the molecule is C(c1ccc(C=[N+]2CCOCC2)cc1)=[N+]1CCOCC1.[Cl-].[Cl-]. The highest BCUT2D eigenvalue weighted by Crippen LogP contribution is 2.02. The van der Waals surface area contributed by atoms with E-state index >= 15 is 0 Å². The maximum absolute atomic E-state index is 5.36. The van der Waals surface area contributed by atoms with Crippen LogP contribution < -0.4 is 24.8 Å². The van der Waals surface area contributed by atoms with Gasteiger partial charge in [0.2, 0.25) is 0 Å². The van der Waals surface area contributed by atoms with Crippen LogP contribution in [0.2, 0.25) is 0 Å². The normalized spacial score (nSPS) is 18.0. The predicted molar refractivity (Wildman–Crippen MR) is 78.4 cm³/mol. The molecule has 1 aromatic carbocycles. The summed E-state index contributed by atoms with van der Waals surface area (Å²) in [4.78, 5) is 0. The molecule has 2 aliphatic heterocycles. The molecule has 4 nitrogen and oxygen atoms in total. The van der Waals surface area contributed by atoms with E-state index in [1.54, 1.807) is 0 Å². The average Bonchev–Trinajstić information content (AvgIpc) is 2.51. The quantitative estimate of drug-likeness (QED) is 0.500. The lowest BCUT2D eigenvalue weighted by molar-refractivity contribution is -0.544. The third kappa shape index (κ3) is 5.69. The van der Waals surface area contributed by atoms with E-state index in [-0.39, 0.29) is 24.8 Å². The van der Waals surface area contributed by atoms with Crippen LogP contribution in [-0.2, 0) is 9.47 Å². The van der Waals surface area contributed by atoms with Gasteiger partial charge < -0.3 is 34.3 Å². The lowest BCUT2D eigenvalue weighted by atomic mass is 10.1. The van der Waals surface area contributed by atoms with Crippen molar-refractivity contribution in [2.75, 3.05) is 52.6 Å². The summed E-state index contributed by atoms with van der Waals surface area (Å²) in [6.07, 6.45) is 4.45. The van der Waals surface area contributed by atoms with Crippen LogP contribution in [0.1, 0.15) is 11.1 Å². The molecule has 0 aliphatic carbocycles. The summed E-state index contributed by atoms with van der Waals surface area (Å²) in [5.74, 6) is 0. The second-order valence-corrected chi connectivity index (χ2v) is 5.22. The van der Waals surface area contributed by atoms with Crippen molar-refractivity contribution in [2.45, 2.75) is 0 Å². The van der Waals surface area contributed by atoms with Gasteiger partial charge in [-0.2, -0.15) is 0 Å². The van der Waals surface area contributed by atoms with Gasteiger partial charge >= 0.3 is 0 Å². The fourth-order valence-corrected chi connectivity index (χ4v) is 2.50. The van der Waals surface area contributed by atoms with Crippen molar-refractivity contribution >= 4 is 12.4 Å². The summed E-state index contributed by atoms with van der Waals surface area (Å²) in [5.41, 5.74) is 2.51. The number of ether oxygens (including phenoxy) is 2. The Morgan fingerprint density at radius 1 is 0.636 bits per heavy atom. The lowest BCUT2D eigenvalue weighted by Gasteiger charge is -2.11. The molecule has 2 heterocycles. The van der Waals surface area contributed by atoms with E-state index in [0.29, 0.717) is 0 Å². The van der Waals surface area contributed by atoms with Crippen LogP contribution in [0.5, 0.6) is 0 Å². The van der Waals surface area contributed by atoms with Crippen molar-refractivity contribution in [3.05, 3.63) is 35.4 Å². The molecule has 0 atom stereocenters. The summed E-state index contributed by atoms with van der Waals surface area (Å²) in [5, 5.41) is 0. The van der Waals surface area contributed by atoms with Crippen molar-refractivity contribution < 1.29 is 43.4 Å². The van der Waals surface area contributed by atoms with Crippen LogP contribution in [0, 0.1) is 0 Å². The Morgan fingerprint density at radius 2 is 0.955 bits per heavy atom. The zero-order chi connectivity index (χ0) is 13.6. The van der Waals surface area contributed by atoms with Crippen LogP contribution in [0.3, 0.4) is 0 Å². The van der Waals surface area contributed by atoms with E-state index in [0.717, 1.165) is 52.6 Å². The van der Waals surface area contributed by atoms with Crippen LogP contribution in [0.4, 0.5) is 0 Å². The van der Waals surface area contributed by atoms with Gasteiger partial charge in [-0.3, -0.25) is 0 Å². The molecule has 0 spiro atoms. The van der Waals surface area contributed by atoms with Gasteiger partial charge in [0.15, 0.2) is 38.6 Å². The molecule has 0 aromatic heterocycles. The fourth-order valence-electron chi connectivity index (χ4n) is 2.50. The maximum Gasteiger partial charge on any atom is 0.170 e. The number of hydrogen-bond acceptors (Lipinski definition) is 2. The van der Waals surface area contributed by atoms with Crippen molar-refractivity contribution in [3.8, 4) is 0 Å². The van der Waals surface area contributed by atoms with Gasteiger partial charge in [-0.25, -0.2) is 9.15 Å². The molecule has 1 aromatic rings. The van der Waals surface area contributed by atoms with Gasteiger partial charge in [0, 0.05) is 11.1 Å². The molecule has 22 heavy (non-hydrogen) atoms. The number of nitrogens with zero attached hydrogens (tertiary/aromatic N) is 2. The molecule has 0 bridgehead atoms. The first kappa shape index (κ1) is 19.1. The highest BCUT2D eigenvalue weighted by molar-refractivity contribution is 5.80. The molecule has 2 fully saturated rings. The Hall–Kier alpha value is -0.940. The minimum Gasteiger partial charge on any atom is -1.00 e. The summed E-state index contributed by atoms with van der Waals surface area (Å²) >= 11 is 0. The number of benzene rings is 1. The first-order valence-corrected chi connectivity index (χ1v) is 7.33. The third-order valence-electron chi connectivity index (χ3n) is 3.69. The molecule has 0 saturated carbocycles. The highest BCUT2D eigenvalue weighted by atomic mass is 35.5. The Bertz CT molecular complexity index is 452. The van der Waals surface area contributed by atoms with Crippen LogP contribution in [-0.4, -0.2) is 74.2 Å². The Balaban J connectivity index is 0.00000121. The number of rotatable bonds is 2. The van der Waals surface area contributed by atoms with Gasteiger partial charge in [-0.1, -0.05) is 0 Å². The average molecular weight is 345 g/mol. The highest BCUT2D eigenvalue weighted by Gasteiger charge is 2.12. The zero-order valence-corrected chi connectivity index (χ0v) is 14.1. The molecule has 122 valence electrons. The summed E-state index contributed by atoms with van der Waals surface area (Å²) < 4.78 is 15.4. The van der Waals surface area contributed by atoms with Gasteiger partial charge in [-0.15, -0.1) is 0 Å². The molecular weight excluding hydrogens is 323 g/mol. The van der Waals surface area contributed by atoms with E-state index in [2.05, 4.69) is 45.8 Å². The second-order valence-electron chi connectivity index (χ2n) is 5.22. The second kappa shape index (κ2) is 9.95. The first-order chi connectivity index (χ1) is 9.90. The summed E-state index contributed by atoms with van der Waals surface area (Å²) in [6.45, 7) is 7.28. The molecule has 0 radical (unpaired) electrons. The van der Waals surface area contributed by atoms with Crippen molar-refractivity contribution in [1.29, 1.82) is 0 Å². The smallest absolute Gasteiger partial charge is 0.170 e. The number of halogens is 2. The van der Waals surface area contributed by atoms with Crippen molar-refractivity contribution in [3.63, 3.8) is 0 Å². The van der Waals surface area contributed by atoms with E-state index < -0.39 is 0 Å². The van der Waals surface area contributed by atoms with Gasteiger partial charge in [0.05, 0.1) is 0 Å². The summed E-state index contributed by atoms with van der Waals surface area (Å²) in [6, 6.07) is 8.73.